The topological polar surface area (TPSA) is 56.8 Å². The molecule has 0 aromatic heterocycles. The molecule has 1 aromatic rings. The first-order valence-electron chi connectivity index (χ1n) is 7.06. The number of carbonyl (C=O) groups is 1. The lowest BCUT2D eigenvalue weighted by Gasteiger charge is -2.13. The van der Waals surface area contributed by atoms with Gasteiger partial charge in [0.05, 0.1) is 13.2 Å². The summed E-state index contributed by atoms with van der Waals surface area (Å²) in [7, 11) is 1.55. The molecule has 1 aromatic carbocycles. The number of hydrogen-bond acceptors (Lipinski definition) is 4. The maximum Gasteiger partial charge on any atom is 0.251 e. The van der Waals surface area contributed by atoms with Crippen LogP contribution < -0.4 is 14.8 Å². The first-order valence-corrected chi connectivity index (χ1v) is 7.06. The summed E-state index contributed by atoms with van der Waals surface area (Å²) in [6.07, 6.45) is 3.84. The fourth-order valence-corrected chi connectivity index (χ4v) is 2.19. The van der Waals surface area contributed by atoms with E-state index in [4.69, 9.17) is 14.2 Å². The summed E-state index contributed by atoms with van der Waals surface area (Å²) in [6, 6.07) is 5.11. The molecule has 1 fully saturated rings. The molecule has 1 heterocycles. The van der Waals surface area contributed by atoms with E-state index >= 15 is 0 Å². The van der Waals surface area contributed by atoms with Gasteiger partial charge in [0.15, 0.2) is 11.5 Å². The Balaban J connectivity index is 1.97. The molecule has 0 saturated carbocycles. The third kappa shape index (κ3) is 4.23. The van der Waals surface area contributed by atoms with Crippen LogP contribution in [-0.2, 0) is 4.74 Å². The van der Waals surface area contributed by atoms with Gasteiger partial charge < -0.3 is 19.5 Å². The van der Waals surface area contributed by atoms with Gasteiger partial charge in [-0.3, -0.25) is 4.79 Å². The summed E-state index contributed by atoms with van der Waals surface area (Å²) in [6.45, 7) is 5.31. The number of ether oxygens (including phenoxy) is 3. The van der Waals surface area contributed by atoms with Gasteiger partial charge in [-0.1, -0.05) is 12.7 Å². The van der Waals surface area contributed by atoms with Gasteiger partial charge in [0, 0.05) is 18.7 Å². The molecule has 21 heavy (non-hydrogen) atoms. The van der Waals surface area contributed by atoms with Crippen molar-refractivity contribution in [1.82, 2.24) is 5.32 Å². The molecule has 0 radical (unpaired) electrons. The fraction of sp³-hybridized carbons (Fsp3) is 0.438. The number of carbonyl (C=O) groups excluding carboxylic acids is 1. The molecule has 1 aliphatic rings. The molecular formula is C16H21NO4. The first kappa shape index (κ1) is 15.4. The molecule has 1 atom stereocenters. The molecule has 0 spiro atoms. The Hall–Kier alpha value is -2.01. The fourth-order valence-electron chi connectivity index (χ4n) is 2.19. The van der Waals surface area contributed by atoms with Crippen molar-refractivity contribution in [3.63, 3.8) is 0 Å². The smallest absolute Gasteiger partial charge is 0.251 e. The normalized spacial score (nSPS) is 17.3. The molecule has 1 unspecified atom stereocenters. The Morgan fingerprint density at radius 2 is 2.38 bits per heavy atom. The second-order valence-corrected chi connectivity index (χ2v) is 4.81. The predicted molar refractivity (Wildman–Crippen MR) is 80.0 cm³/mol. The molecule has 1 saturated heterocycles. The van der Waals surface area contributed by atoms with Crippen LogP contribution in [0.15, 0.2) is 30.9 Å². The van der Waals surface area contributed by atoms with Gasteiger partial charge in [0.2, 0.25) is 0 Å². The summed E-state index contributed by atoms with van der Waals surface area (Å²) in [4.78, 5) is 12.1. The third-order valence-electron chi connectivity index (χ3n) is 3.30. The molecule has 0 bridgehead atoms. The Morgan fingerprint density at radius 3 is 3.05 bits per heavy atom. The molecule has 5 nitrogen and oxygen atoms in total. The maximum atomic E-state index is 12.1. The van der Waals surface area contributed by atoms with Crippen LogP contribution in [0.1, 0.15) is 23.2 Å². The van der Waals surface area contributed by atoms with E-state index in [1.807, 2.05) is 0 Å². The SMILES string of the molecule is C=CCOc1ccc(C(=O)NCC2CCCO2)cc1OC. The van der Waals surface area contributed by atoms with Crippen LogP contribution in [0.2, 0.25) is 0 Å². The van der Waals surface area contributed by atoms with E-state index in [2.05, 4.69) is 11.9 Å². The van der Waals surface area contributed by atoms with Gasteiger partial charge in [-0.25, -0.2) is 0 Å². The van der Waals surface area contributed by atoms with E-state index in [0.29, 0.717) is 30.2 Å². The second-order valence-electron chi connectivity index (χ2n) is 4.81. The summed E-state index contributed by atoms with van der Waals surface area (Å²) in [5.74, 6) is 0.980. The monoisotopic (exact) mass is 291 g/mol. The molecule has 5 heteroatoms. The van der Waals surface area contributed by atoms with Crippen LogP contribution >= 0.6 is 0 Å². The van der Waals surface area contributed by atoms with E-state index < -0.39 is 0 Å². The van der Waals surface area contributed by atoms with Gasteiger partial charge in [0.25, 0.3) is 5.91 Å². The number of nitrogens with one attached hydrogen (secondary N) is 1. The van der Waals surface area contributed by atoms with E-state index in [-0.39, 0.29) is 12.0 Å². The quantitative estimate of drug-likeness (QED) is 0.782. The van der Waals surface area contributed by atoms with E-state index in [1.54, 1.807) is 31.4 Å². The molecule has 0 aliphatic carbocycles. The van der Waals surface area contributed by atoms with Crippen molar-refractivity contribution in [2.24, 2.45) is 0 Å². The Labute approximate surface area is 124 Å². The summed E-state index contributed by atoms with van der Waals surface area (Å²) >= 11 is 0. The lowest BCUT2D eigenvalue weighted by molar-refractivity contribution is 0.0857. The van der Waals surface area contributed by atoms with Crippen LogP contribution in [0, 0.1) is 0 Å². The van der Waals surface area contributed by atoms with E-state index in [1.165, 1.54) is 0 Å². The van der Waals surface area contributed by atoms with Crippen molar-refractivity contribution in [2.45, 2.75) is 18.9 Å². The van der Waals surface area contributed by atoms with Crippen molar-refractivity contribution in [3.8, 4) is 11.5 Å². The van der Waals surface area contributed by atoms with Gasteiger partial charge in [-0.2, -0.15) is 0 Å². The van der Waals surface area contributed by atoms with E-state index in [0.717, 1.165) is 19.4 Å². The van der Waals surface area contributed by atoms with Crippen LogP contribution in [0.25, 0.3) is 0 Å². The molecular weight excluding hydrogens is 270 g/mol. The highest BCUT2D eigenvalue weighted by Gasteiger charge is 2.17. The highest BCUT2D eigenvalue weighted by atomic mass is 16.5. The zero-order chi connectivity index (χ0) is 15.1. The molecule has 1 N–H and O–H groups in total. The zero-order valence-corrected chi connectivity index (χ0v) is 12.3. The van der Waals surface area contributed by atoms with Crippen LogP contribution in [0.4, 0.5) is 0 Å². The van der Waals surface area contributed by atoms with Crippen molar-refractivity contribution >= 4 is 5.91 Å². The number of hydrogen-bond donors (Lipinski definition) is 1. The second kappa shape index (κ2) is 7.69. The van der Waals surface area contributed by atoms with Gasteiger partial charge in [-0.15, -0.1) is 0 Å². The Morgan fingerprint density at radius 1 is 1.52 bits per heavy atom. The van der Waals surface area contributed by atoms with Crippen molar-refractivity contribution in [2.75, 3.05) is 26.9 Å². The Kier molecular flexibility index (Phi) is 5.63. The van der Waals surface area contributed by atoms with Crippen LogP contribution in [0.5, 0.6) is 11.5 Å². The number of amides is 1. The minimum atomic E-state index is -0.140. The average molecular weight is 291 g/mol. The van der Waals surface area contributed by atoms with Crippen molar-refractivity contribution in [3.05, 3.63) is 36.4 Å². The van der Waals surface area contributed by atoms with Crippen molar-refractivity contribution in [1.29, 1.82) is 0 Å². The Bertz CT molecular complexity index is 495. The van der Waals surface area contributed by atoms with Gasteiger partial charge in [-0.05, 0) is 31.0 Å². The van der Waals surface area contributed by atoms with E-state index in [9.17, 15) is 4.79 Å². The number of rotatable bonds is 7. The predicted octanol–water partition coefficient (Wildman–Crippen LogP) is 2.17. The minimum absolute atomic E-state index is 0.131. The molecule has 1 amide bonds. The highest BCUT2D eigenvalue weighted by molar-refractivity contribution is 5.94. The molecule has 2 rings (SSSR count). The van der Waals surface area contributed by atoms with Gasteiger partial charge in [0.1, 0.15) is 6.61 Å². The average Bonchev–Trinajstić information content (AvgIpc) is 3.03. The lowest BCUT2D eigenvalue weighted by atomic mass is 10.1. The third-order valence-corrected chi connectivity index (χ3v) is 3.30. The maximum absolute atomic E-state index is 12.1. The van der Waals surface area contributed by atoms with Crippen molar-refractivity contribution < 1.29 is 19.0 Å². The largest absolute Gasteiger partial charge is 0.493 e. The molecule has 1 aliphatic heterocycles. The van der Waals surface area contributed by atoms with Crippen LogP contribution in [0.3, 0.4) is 0 Å². The summed E-state index contributed by atoms with van der Waals surface area (Å²) < 4.78 is 16.2. The zero-order valence-electron chi connectivity index (χ0n) is 12.3. The van der Waals surface area contributed by atoms with Crippen LogP contribution in [-0.4, -0.2) is 38.9 Å². The number of benzene rings is 1. The number of methoxy groups -OCH3 is 1. The molecule has 114 valence electrons. The summed E-state index contributed by atoms with van der Waals surface area (Å²) in [5, 5.41) is 2.88. The minimum Gasteiger partial charge on any atom is -0.493 e. The lowest BCUT2D eigenvalue weighted by Crippen LogP contribution is -2.31. The summed E-state index contributed by atoms with van der Waals surface area (Å²) in [5.41, 5.74) is 0.538. The standard InChI is InChI=1S/C16H21NO4/c1-3-8-21-14-7-6-12(10-15(14)19-2)16(18)17-11-13-5-4-9-20-13/h3,6-7,10,13H,1,4-5,8-9,11H2,2H3,(H,17,18). The van der Waals surface area contributed by atoms with Gasteiger partial charge >= 0.3 is 0 Å². The first-order chi connectivity index (χ1) is 10.2. The highest BCUT2D eigenvalue weighted by Crippen LogP contribution is 2.28.